The Labute approximate surface area is 148 Å². The van der Waals surface area contributed by atoms with Gasteiger partial charge in [-0.1, -0.05) is 18.2 Å². The SMILES string of the molecule is Cl.Cl.O=C(N[C@H]1CCCNC1)c1ccccc1Cn1cccn1. The average molecular weight is 357 g/mol. The first-order chi connectivity index (χ1) is 10.3. The van der Waals surface area contributed by atoms with Crippen LogP contribution in [-0.2, 0) is 6.54 Å². The van der Waals surface area contributed by atoms with Gasteiger partial charge in [-0.2, -0.15) is 5.10 Å². The van der Waals surface area contributed by atoms with Crippen molar-refractivity contribution in [3.8, 4) is 0 Å². The summed E-state index contributed by atoms with van der Waals surface area (Å²) in [5.74, 6) is 0.00598. The maximum absolute atomic E-state index is 12.5. The van der Waals surface area contributed by atoms with Crippen LogP contribution in [-0.4, -0.2) is 34.8 Å². The molecule has 3 rings (SSSR count). The molecule has 1 saturated heterocycles. The lowest BCUT2D eigenvalue weighted by molar-refractivity contribution is 0.0929. The highest BCUT2D eigenvalue weighted by molar-refractivity contribution is 5.95. The highest BCUT2D eigenvalue weighted by Gasteiger charge is 2.18. The molecular weight excluding hydrogens is 335 g/mol. The van der Waals surface area contributed by atoms with Crippen LogP contribution in [0.5, 0.6) is 0 Å². The highest BCUT2D eigenvalue weighted by atomic mass is 35.5. The number of nitrogens with one attached hydrogen (secondary N) is 2. The zero-order valence-corrected chi connectivity index (χ0v) is 14.4. The molecule has 2 aromatic rings. The molecule has 0 bridgehead atoms. The van der Waals surface area contributed by atoms with E-state index in [4.69, 9.17) is 0 Å². The van der Waals surface area contributed by atoms with Crippen LogP contribution >= 0.6 is 24.8 Å². The maximum Gasteiger partial charge on any atom is 0.251 e. The molecule has 23 heavy (non-hydrogen) atoms. The summed E-state index contributed by atoms with van der Waals surface area (Å²) in [4.78, 5) is 12.5. The molecule has 0 saturated carbocycles. The van der Waals surface area contributed by atoms with Gasteiger partial charge in [0.1, 0.15) is 0 Å². The second-order valence-corrected chi connectivity index (χ2v) is 5.38. The molecule has 1 atom stereocenters. The normalized spacial score (nSPS) is 16.8. The van der Waals surface area contributed by atoms with Crippen LogP contribution < -0.4 is 10.6 Å². The molecule has 1 aromatic carbocycles. The van der Waals surface area contributed by atoms with Gasteiger partial charge < -0.3 is 10.6 Å². The van der Waals surface area contributed by atoms with Crippen LogP contribution in [0.15, 0.2) is 42.7 Å². The molecule has 5 nitrogen and oxygen atoms in total. The minimum Gasteiger partial charge on any atom is -0.348 e. The Bertz CT molecular complexity index is 598. The fraction of sp³-hybridized carbons (Fsp3) is 0.375. The molecule has 0 spiro atoms. The van der Waals surface area contributed by atoms with Crippen molar-refractivity contribution in [1.29, 1.82) is 0 Å². The molecule has 1 aliphatic heterocycles. The van der Waals surface area contributed by atoms with Crippen LogP contribution in [0.4, 0.5) is 0 Å². The first-order valence-corrected chi connectivity index (χ1v) is 7.40. The number of amides is 1. The molecule has 126 valence electrons. The van der Waals surface area contributed by atoms with Crippen molar-refractivity contribution >= 4 is 30.7 Å². The predicted molar refractivity (Wildman–Crippen MR) is 95.6 cm³/mol. The average Bonchev–Trinajstić information content (AvgIpc) is 3.02. The van der Waals surface area contributed by atoms with Crippen molar-refractivity contribution in [2.45, 2.75) is 25.4 Å². The second kappa shape index (κ2) is 9.55. The van der Waals surface area contributed by atoms with Crippen LogP contribution in [0.3, 0.4) is 0 Å². The Morgan fingerprint density at radius 3 is 2.83 bits per heavy atom. The third kappa shape index (κ3) is 5.23. The fourth-order valence-corrected chi connectivity index (χ4v) is 2.69. The summed E-state index contributed by atoms with van der Waals surface area (Å²) in [6, 6.07) is 9.83. The number of rotatable bonds is 4. The summed E-state index contributed by atoms with van der Waals surface area (Å²) in [5, 5.41) is 10.6. The molecule has 1 amide bonds. The van der Waals surface area contributed by atoms with Gasteiger partial charge in [0, 0.05) is 30.5 Å². The van der Waals surface area contributed by atoms with E-state index >= 15 is 0 Å². The van der Waals surface area contributed by atoms with E-state index in [-0.39, 0.29) is 36.8 Å². The fourth-order valence-electron chi connectivity index (χ4n) is 2.69. The number of halogens is 2. The molecule has 1 aliphatic rings. The molecule has 2 N–H and O–H groups in total. The van der Waals surface area contributed by atoms with Crippen molar-refractivity contribution in [3.63, 3.8) is 0 Å². The Kier molecular flexibility index (Phi) is 8.09. The summed E-state index contributed by atoms with van der Waals surface area (Å²) in [6.45, 7) is 2.51. The van der Waals surface area contributed by atoms with Crippen LogP contribution in [0.25, 0.3) is 0 Å². The molecule has 0 unspecified atom stereocenters. The number of carbonyl (C=O) groups is 1. The van der Waals surface area contributed by atoms with Gasteiger partial charge >= 0.3 is 0 Å². The summed E-state index contributed by atoms with van der Waals surface area (Å²) in [6.07, 6.45) is 5.80. The van der Waals surface area contributed by atoms with E-state index in [2.05, 4.69) is 15.7 Å². The zero-order valence-electron chi connectivity index (χ0n) is 12.8. The molecule has 0 radical (unpaired) electrons. The monoisotopic (exact) mass is 356 g/mol. The Morgan fingerprint density at radius 1 is 1.30 bits per heavy atom. The Hall–Kier alpha value is -1.56. The Morgan fingerprint density at radius 2 is 2.13 bits per heavy atom. The zero-order chi connectivity index (χ0) is 14.5. The minimum atomic E-state index is 0. The molecule has 1 fully saturated rings. The lowest BCUT2D eigenvalue weighted by Gasteiger charge is -2.24. The largest absolute Gasteiger partial charge is 0.348 e. The van der Waals surface area contributed by atoms with E-state index in [9.17, 15) is 4.79 Å². The van der Waals surface area contributed by atoms with Crippen molar-refractivity contribution < 1.29 is 4.79 Å². The number of benzene rings is 1. The van der Waals surface area contributed by atoms with Gasteiger partial charge in [-0.05, 0) is 37.1 Å². The first-order valence-electron chi connectivity index (χ1n) is 7.40. The van der Waals surface area contributed by atoms with Gasteiger partial charge in [-0.3, -0.25) is 9.48 Å². The van der Waals surface area contributed by atoms with Crippen LogP contribution in [0.1, 0.15) is 28.8 Å². The number of piperidine rings is 1. The lowest BCUT2D eigenvalue weighted by atomic mass is 10.0. The number of aromatic nitrogens is 2. The summed E-state index contributed by atoms with van der Waals surface area (Å²) in [7, 11) is 0. The minimum absolute atomic E-state index is 0. The van der Waals surface area contributed by atoms with E-state index in [0.717, 1.165) is 37.1 Å². The van der Waals surface area contributed by atoms with Gasteiger partial charge in [-0.25, -0.2) is 0 Å². The Balaban J connectivity index is 0.00000132. The number of hydrogen-bond acceptors (Lipinski definition) is 3. The maximum atomic E-state index is 12.5. The summed E-state index contributed by atoms with van der Waals surface area (Å²) in [5.41, 5.74) is 1.72. The lowest BCUT2D eigenvalue weighted by Crippen LogP contribution is -2.45. The van der Waals surface area contributed by atoms with Crippen LogP contribution in [0.2, 0.25) is 0 Å². The third-order valence-corrected chi connectivity index (χ3v) is 3.79. The van der Waals surface area contributed by atoms with Gasteiger partial charge in [0.2, 0.25) is 0 Å². The van der Waals surface area contributed by atoms with Crippen molar-refractivity contribution in [2.24, 2.45) is 0 Å². The van der Waals surface area contributed by atoms with E-state index in [0.29, 0.717) is 6.54 Å². The highest BCUT2D eigenvalue weighted by Crippen LogP contribution is 2.12. The molecule has 2 heterocycles. The third-order valence-electron chi connectivity index (χ3n) is 3.79. The topological polar surface area (TPSA) is 59.0 Å². The predicted octanol–water partition coefficient (Wildman–Crippen LogP) is 2.26. The van der Waals surface area contributed by atoms with Gasteiger partial charge in [0.15, 0.2) is 0 Å². The van der Waals surface area contributed by atoms with Crippen molar-refractivity contribution in [1.82, 2.24) is 20.4 Å². The van der Waals surface area contributed by atoms with E-state index < -0.39 is 0 Å². The molecule has 1 aromatic heterocycles. The quantitative estimate of drug-likeness (QED) is 0.883. The first kappa shape index (κ1) is 19.5. The molecule has 0 aliphatic carbocycles. The van der Waals surface area contributed by atoms with E-state index in [1.54, 1.807) is 6.20 Å². The smallest absolute Gasteiger partial charge is 0.251 e. The number of hydrogen-bond donors (Lipinski definition) is 2. The van der Waals surface area contributed by atoms with Crippen LogP contribution in [0, 0.1) is 0 Å². The second-order valence-electron chi connectivity index (χ2n) is 5.38. The molecule has 7 heteroatoms. The summed E-state index contributed by atoms with van der Waals surface area (Å²) >= 11 is 0. The summed E-state index contributed by atoms with van der Waals surface area (Å²) < 4.78 is 1.83. The standard InChI is InChI=1S/C16H20N4O.2ClH/c21-16(19-14-6-3-8-17-11-14)15-7-2-1-5-13(15)12-20-10-4-9-18-20;;/h1-2,4-5,7,9-10,14,17H,3,6,8,11-12H2,(H,19,21);2*1H/t14-;;/m0../s1. The van der Waals surface area contributed by atoms with E-state index in [1.165, 1.54) is 0 Å². The van der Waals surface area contributed by atoms with Crippen molar-refractivity contribution in [2.75, 3.05) is 13.1 Å². The number of nitrogens with zero attached hydrogens (tertiary/aromatic N) is 2. The van der Waals surface area contributed by atoms with Gasteiger partial charge in [0.25, 0.3) is 5.91 Å². The van der Waals surface area contributed by atoms with Crippen molar-refractivity contribution in [3.05, 3.63) is 53.9 Å². The van der Waals surface area contributed by atoms with Gasteiger partial charge in [0.05, 0.1) is 6.54 Å². The molecular formula is C16H22Cl2N4O. The van der Waals surface area contributed by atoms with Gasteiger partial charge in [-0.15, -0.1) is 24.8 Å². The number of carbonyl (C=O) groups excluding carboxylic acids is 1. The van der Waals surface area contributed by atoms with E-state index in [1.807, 2.05) is 41.2 Å².